The van der Waals surface area contributed by atoms with Crippen LogP contribution in [0.2, 0.25) is 5.02 Å². The van der Waals surface area contributed by atoms with Crippen molar-refractivity contribution in [3.63, 3.8) is 0 Å². The first kappa shape index (κ1) is 11.9. The van der Waals surface area contributed by atoms with Crippen LogP contribution in [0.3, 0.4) is 0 Å². The van der Waals surface area contributed by atoms with Gasteiger partial charge in [0.2, 0.25) is 0 Å². The highest BCUT2D eigenvalue weighted by atomic mass is 35.5. The van der Waals surface area contributed by atoms with Crippen molar-refractivity contribution >= 4 is 17.5 Å². The van der Waals surface area contributed by atoms with Crippen molar-refractivity contribution in [3.8, 4) is 0 Å². The summed E-state index contributed by atoms with van der Waals surface area (Å²) >= 11 is 5.90. The van der Waals surface area contributed by atoms with E-state index in [1.807, 2.05) is 4.90 Å². The highest BCUT2D eigenvalue weighted by Gasteiger charge is 2.33. The number of amides is 1. The van der Waals surface area contributed by atoms with E-state index in [0.717, 1.165) is 19.6 Å². The van der Waals surface area contributed by atoms with E-state index in [1.165, 1.54) is 19.4 Å². The fraction of sp³-hybridized carbons (Fsp3) is 0.538. The summed E-state index contributed by atoms with van der Waals surface area (Å²) in [4.78, 5) is 20.8. The van der Waals surface area contributed by atoms with Crippen LogP contribution in [0.4, 0.5) is 0 Å². The molecule has 3 rings (SSSR count). The van der Waals surface area contributed by atoms with Gasteiger partial charge in [-0.3, -0.25) is 14.7 Å². The van der Waals surface area contributed by atoms with Crippen molar-refractivity contribution in [2.75, 3.05) is 26.2 Å². The Balaban J connectivity index is 1.73. The van der Waals surface area contributed by atoms with E-state index in [2.05, 4.69) is 9.88 Å². The number of halogens is 1. The second kappa shape index (κ2) is 4.86. The van der Waals surface area contributed by atoms with Crippen molar-refractivity contribution in [2.24, 2.45) is 0 Å². The summed E-state index contributed by atoms with van der Waals surface area (Å²) in [5, 5.41) is 0.563. The summed E-state index contributed by atoms with van der Waals surface area (Å²) < 4.78 is 0. The summed E-state index contributed by atoms with van der Waals surface area (Å²) in [6.45, 7) is 3.79. The zero-order valence-corrected chi connectivity index (χ0v) is 10.9. The van der Waals surface area contributed by atoms with Gasteiger partial charge < -0.3 is 4.90 Å². The maximum absolute atomic E-state index is 12.3. The topological polar surface area (TPSA) is 36.4 Å². The Kier molecular flexibility index (Phi) is 3.22. The van der Waals surface area contributed by atoms with Crippen molar-refractivity contribution in [1.82, 2.24) is 14.8 Å². The number of carbonyl (C=O) groups is 1. The van der Waals surface area contributed by atoms with Crippen LogP contribution in [0.1, 0.15) is 23.3 Å². The highest BCUT2D eigenvalue weighted by molar-refractivity contribution is 6.30. The summed E-state index contributed by atoms with van der Waals surface area (Å²) in [6.07, 6.45) is 4.04. The second-order valence-electron chi connectivity index (χ2n) is 4.94. The average Bonchev–Trinajstić information content (AvgIpc) is 2.85. The smallest absolute Gasteiger partial charge is 0.272 e. The number of piperazine rings is 1. The number of fused-ring (bicyclic) bond motifs is 1. The number of hydrogen-bond donors (Lipinski definition) is 0. The minimum absolute atomic E-state index is 0.00375. The SMILES string of the molecule is O=C(c1cc(Cl)ccn1)N1CCN2CCCC2C1. The maximum atomic E-state index is 12.3. The van der Waals surface area contributed by atoms with Gasteiger partial charge in [-0.1, -0.05) is 11.6 Å². The average molecular weight is 266 g/mol. The molecule has 0 saturated carbocycles. The molecule has 1 amide bonds. The molecule has 0 aromatic carbocycles. The molecule has 1 aromatic heterocycles. The zero-order valence-electron chi connectivity index (χ0n) is 10.2. The predicted octanol–water partition coefficient (Wildman–Crippen LogP) is 1.66. The van der Waals surface area contributed by atoms with Crippen molar-refractivity contribution in [3.05, 3.63) is 29.0 Å². The van der Waals surface area contributed by atoms with Crippen LogP contribution in [0.15, 0.2) is 18.3 Å². The maximum Gasteiger partial charge on any atom is 0.272 e. The number of rotatable bonds is 1. The first-order valence-electron chi connectivity index (χ1n) is 6.39. The third-order valence-corrected chi connectivity index (χ3v) is 4.05. The summed E-state index contributed by atoms with van der Waals surface area (Å²) in [7, 11) is 0. The lowest BCUT2D eigenvalue weighted by Crippen LogP contribution is -2.52. The quantitative estimate of drug-likeness (QED) is 0.775. The normalized spacial score (nSPS) is 24.1. The Hall–Kier alpha value is -1.13. The van der Waals surface area contributed by atoms with Crippen LogP contribution < -0.4 is 0 Å². The molecule has 2 saturated heterocycles. The summed E-state index contributed by atoms with van der Waals surface area (Å²) in [5.41, 5.74) is 0.453. The van der Waals surface area contributed by atoms with Gasteiger partial charge in [0.05, 0.1) is 0 Å². The van der Waals surface area contributed by atoms with Gasteiger partial charge in [0, 0.05) is 36.9 Å². The lowest BCUT2D eigenvalue weighted by atomic mass is 10.1. The van der Waals surface area contributed by atoms with Gasteiger partial charge in [-0.15, -0.1) is 0 Å². The minimum Gasteiger partial charge on any atom is -0.334 e. The first-order valence-corrected chi connectivity index (χ1v) is 6.77. The van der Waals surface area contributed by atoms with Crippen LogP contribution in [0.5, 0.6) is 0 Å². The molecule has 5 heteroatoms. The van der Waals surface area contributed by atoms with Gasteiger partial charge in [0.25, 0.3) is 5.91 Å². The molecule has 0 radical (unpaired) electrons. The summed E-state index contributed by atoms with van der Waals surface area (Å²) in [6, 6.07) is 3.87. The van der Waals surface area contributed by atoms with Gasteiger partial charge in [0.1, 0.15) is 5.69 Å². The van der Waals surface area contributed by atoms with Gasteiger partial charge in [-0.05, 0) is 31.5 Å². The van der Waals surface area contributed by atoms with E-state index in [1.54, 1.807) is 18.3 Å². The minimum atomic E-state index is 0.00375. The van der Waals surface area contributed by atoms with Crippen LogP contribution in [0, 0.1) is 0 Å². The lowest BCUT2D eigenvalue weighted by molar-refractivity contribution is 0.0566. The molecule has 1 atom stereocenters. The van der Waals surface area contributed by atoms with Crippen LogP contribution in [0.25, 0.3) is 0 Å². The van der Waals surface area contributed by atoms with E-state index >= 15 is 0 Å². The monoisotopic (exact) mass is 265 g/mol. The molecule has 1 unspecified atom stereocenters. The Morgan fingerprint density at radius 3 is 3.11 bits per heavy atom. The number of nitrogens with zero attached hydrogens (tertiary/aromatic N) is 3. The highest BCUT2D eigenvalue weighted by Crippen LogP contribution is 2.22. The van der Waals surface area contributed by atoms with E-state index < -0.39 is 0 Å². The van der Waals surface area contributed by atoms with Crippen molar-refractivity contribution in [2.45, 2.75) is 18.9 Å². The van der Waals surface area contributed by atoms with Crippen LogP contribution in [-0.2, 0) is 0 Å². The van der Waals surface area contributed by atoms with E-state index in [-0.39, 0.29) is 5.91 Å². The molecule has 1 aromatic rings. The van der Waals surface area contributed by atoms with E-state index in [4.69, 9.17) is 11.6 Å². The number of carbonyl (C=O) groups excluding carboxylic acids is 1. The van der Waals surface area contributed by atoms with Crippen LogP contribution >= 0.6 is 11.6 Å². The van der Waals surface area contributed by atoms with Crippen molar-refractivity contribution in [1.29, 1.82) is 0 Å². The molecule has 18 heavy (non-hydrogen) atoms. The summed E-state index contributed by atoms with van der Waals surface area (Å²) in [5.74, 6) is 0.00375. The van der Waals surface area contributed by atoms with Gasteiger partial charge in [-0.25, -0.2) is 0 Å². The van der Waals surface area contributed by atoms with Gasteiger partial charge in [0.15, 0.2) is 0 Å². The first-order chi connectivity index (χ1) is 8.74. The predicted molar refractivity (Wildman–Crippen MR) is 69.7 cm³/mol. The molecule has 0 aliphatic carbocycles. The Morgan fingerprint density at radius 1 is 1.39 bits per heavy atom. The number of pyridine rings is 1. The Bertz CT molecular complexity index is 465. The van der Waals surface area contributed by atoms with E-state index in [9.17, 15) is 4.79 Å². The third-order valence-electron chi connectivity index (χ3n) is 3.82. The molecule has 4 nitrogen and oxygen atoms in total. The third kappa shape index (κ3) is 2.22. The molecular weight excluding hydrogens is 250 g/mol. The fourth-order valence-corrected chi connectivity index (χ4v) is 3.02. The largest absolute Gasteiger partial charge is 0.334 e. The molecular formula is C13H16ClN3O. The van der Waals surface area contributed by atoms with Gasteiger partial charge in [-0.2, -0.15) is 0 Å². The molecule has 3 heterocycles. The Labute approximate surface area is 112 Å². The van der Waals surface area contributed by atoms with Gasteiger partial charge >= 0.3 is 0 Å². The van der Waals surface area contributed by atoms with Crippen LogP contribution in [-0.4, -0.2) is 52.9 Å². The molecule has 2 aliphatic rings. The van der Waals surface area contributed by atoms with E-state index in [0.29, 0.717) is 16.8 Å². The number of aromatic nitrogens is 1. The molecule has 0 bridgehead atoms. The lowest BCUT2D eigenvalue weighted by Gasteiger charge is -2.37. The number of hydrogen-bond acceptors (Lipinski definition) is 3. The fourth-order valence-electron chi connectivity index (χ4n) is 2.86. The Morgan fingerprint density at radius 2 is 2.28 bits per heavy atom. The zero-order chi connectivity index (χ0) is 12.5. The second-order valence-corrected chi connectivity index (χ2v) is 5.38. The molecule has 2 aliphatic heterocycles. The molecule has 0 N–H and O–H groups in total. The molecule has 2 fully saturated rings. The molecule has 0 spiro atoms. The van der Waals surface area contributed by atoms with Crippen molar-refractivity contribution < 1.29 is 4.79 Å². The molecule has 96 valence electrons. The standard InChI is InChI=1S/C13H16ClN3O/c14-10-3-4-15-12(8-10)13(18)17-7-6-16-5-1-2-11(16)9-17/h3-4,8,11H,1-2,5-7,9H2.